The smallest absolute Gasteiger partial charge is 0.252 e. The van der Waals surface area contributed by atoms with Gasteiger partial charge in [0.1, 0.15) is 30.5 Å². The number of phenolic OH excluding ortho intramolecular Hbond substituents is 1. The van der Waals surface area contributed by atoms with Crippen molar-refractivity contribution in [1.29, 1.82) is 0 Å². The second kappa shape index (κ2) is 15.2. The fraction of sp³-hybridized carbons (Fsp3) is 0.200. The molecule has 0 saturated heterocycles. The predicted molar refractivity (Wildman–Crippen MR) is 170 cm³/mol. The number of nitrogens with two attached hydrogens (primary N) is 1. The van der Waals surface area contributed by atoms with Gasteiger partial charge in [0.2, 0.25) is 0 Å². The molecule has 0 aliphatic carbocycles. The fourth-order valence-corrected chi connectivity index (χ4v) is 4.64. The molecule has 0 aliphatic heterocycles. The number of benzene rings is 4. The predicted octanol–water partition coefficient (Wildman–Crippen LogP) is 5.93. The van der Waals surface area contributed by atoms with Crippen LogP contribution < -0.4 is 10.5 Å². The van der Waals surface area contributed by atoms with Crippen LogP contribution in [-0.4, -0.2) is 60.6 Å². The number of oxime groups is 1. The number of primary amides is 1. The summed E-state index contributed by atoms with van der Waals surface area (Å²) in [6.07, 6.45) is 2.32. The Morgan fingerprint density at radius 2 is 1.51 bits per heavy atom. The highest BCUT2D eigenvalue weighted by atomic mass is 16.6. The Morgan fingerprint density at radius 1 is 0.860 bits per heavy atom. The number of carbonyl (C=O) groups excluding carboxylic acids is 1. The summed E-state index contributed by atoms with van der Waals surface area (Å²) < 4.78 is 6.01. The van der Waals surface area contributed by atoms with E-state index in [1.54, 1.807) is 18.2 Å². The van der Waals surface area contributed by atoms with Gasteiger partial charge in [-0.05, 0) is 89.3 Å². The Balaban J connectivity index is 1.31. The van der Waals surface area contributed by atoms with Crippen LogP contribution in [0.2, 0.25) is 0 Å². The van der Waals surface area contributed by atoms with Gasteiger partial charge in [-0.1, -0.05) is 66.7 Å². The summed E-state index contributed by atoms with van der Waals surface area (Å²) in [5, 5.41) is 23.5. The van der Waals surface area contributed by atoms with Crippen LogP contribution in [0.15, 0.2) is 102 Å². The summed E-state index contributed by atoms with van der Waals surface area (Å²) in [5.41, 5.74) is 11.5. The first-order valence-electron chi connectivity index (χ1n) is 14.1. The van der Waals surface area contributed by atoms with E-state index in [1.807, 2.05) is 49.5 Å². The van der Waals surface area contributed by atoms with Crippen molar-refractivity contribution in [1.82, 2.24) is 4.90 Å². The van der Waals surface area contributed by atoms with Gasteiger partial charge < -0.3 is 25.5 Å². The monoisotopic (exact) mass is 579 g/mol. The Hall–Kier alpha value is -5.08. The Labute approximate surface area is 252 Å². The van der Waals surface area contributed by atoms with Crippen LogP contribution in [0.3, 0.4) is 0 Å². The van der Waals surface area contributed by atoms with Crippen molar-refractivity contribution in [3.8, 4) is 17.2 Å². The average Bonchev–Trinajstić information content (AvgIpc) is 3.02. The summed E-state index contributed by atoms with van der Waals surface area (Å²) in [7, 11) is 1.98. The minimum absolute atomic E-state index is 0.0328. The standard InChI is InChI=1S/C35H37N3O5/c1-3-31(26-7-5-4-6-8-26)34(27-10-14-29(39)15-11-27)28-12-16-30(17-13-28)42-21-19-38(2)20-22-43-37-24-25-9-18-33(40)32(23-25)35(36)41/h4-18,23-24,39-40H,3,19-22H2,1-2H3,(H2,36,41)/b34-31+,37-24+. The quantitative estimate of drug-likeness (QED) is 0.0738. The summed E-state index contributed by atoms with van der Waals surface area (Å²) in [5.74, 6) is 0.140. The second-order valence-corrected chi connectivity index (χ2v) is 10.0. The van der Waals surface area contributed by atoms with Gasteiger partial charge in [0.05, 0.1) is 11.8 Å². The molecule has 0 radical (unpaired) electrons. The van der Waals surface area contributed by atoms with Crippen molar-refractivity contribution in [3.05, 3.63) is 125 Å². The lowest BCUT2D eigenvalue weighted by atomic mass is 9.88. The number of hydrogen-bond donors (Lipinski definition) is 3. The van der Waals surface area contributed by atoms with Crippen LogP contribution in [0.1, 0.15) is 46.0 Å². The number of aromatic hydroxyl groups is 2. The molecule has 8 nitrogen and oxygen atoms in total. The number of hydrogen-bond acceptors (Lipinski definition) is 7. The van der Waals surface area contributed by atoms with E-state index in [2.05, 4.69) is 41.2 Å². The van der Waals surface area contributed by atoms with Gasteiger partial charge in [0.25, 0.3) is 5.91 Å². The number of nitrogens with zero attached hydrogens (tertiary/aromatic N) is 2. The van der Waals surface area contributed by atoms with Gasteiger partial charge in [-0.2, -0.15) is 0 Å². The van der Waals surface area contributed by atoms with Crippen LogP contribution in [0.5, 0.6) is 17.2 Å². The van der Waals surface area contributed by atoms with E-state index < -0.39 is 5.91 Å². The van der Waals surface area contributed by atoms with Crippen LogP contribution in [0, 0.1) is 0 Å². The molecule has 1 amide bonds. The van der Waals surface area contributed by atoms with Crippen molar-refractivity contribution in [2.75, 3.05) is 33.4 Å². The first-order valence-corrected chi connectivity index (χ1v) is 14.1. The lowest BCUT2D eigenvalue weighted by Gasteiger charge is -2.18. The third-order valence-corrected chi connectivity index (χ3v) is 6.94. The summed E-state index contributed by atoms with van der Waals surface area (Å²) in [4.78, 5) is 18.8. The first kappa shape index (κ1) is 30.9. The maximum atomic E-state index is 11.4. The average molecular weight is 580 g/mol. The molecule has 0 fully saturated rings. The molecule has 0 spiro atoms. The zero-order valence-electron chi connectivity index (χ0n) is 24.4. The van der Waals surface area contributed by atoms with Gasteiger partial charge >= 0.3 is 0 Å². The van der Waals surface area contributed by atoms with E-state index in [1.165, 1.54) is 29.5 Å². The molecule has 0 unspecified atom stereocenters. The highest BCUT2D eigenvalue weighted by Crippen LogP contribution is 2.35. The van der Waals surface area contributed by atoms with Crippen molar-refractivity contribution >= 4 is 23.3 Å². The molecule has 0 saturated carbocycles. The molecule has 4 aromatic carbocycles. The highest BCUT2D eigenvalue weighted by Gasteiger charge is 2.14. The van der Waals surface area contributed by atoms with Gasteiger partial charge in [-0.25, -0.2) is 0 Å². The minimum Gasteiger partial charge on any atom is -0.508 e. The molecule has 0 atom stereocenters. The number of ether oxygens (including phenoxy) is 1. The van der Waals surface area contributed by atoms with Crippen molar-refractivity contribution in [2.24, 2.45) is 10.9 Å². The van der Waals surface area contributed by atoms with Crippen LogP contribution in [-0.2, 0) is 4.84 Å². The number of allylic oxidation sites excluding steroid dienone is 1. The van der Waals surface area contributed by atoms with E-state index >= 15 is 0 Å². The molecule has 222 valence electrons. The zero-order chi connectivity index (χ0) is 30.6. The molecule has 4 rings (SSSR count). The maximum Gasteiger partial charge on any atom is 0.252 e. The molecule has 4 N–H and O–H groups in total. The molecule has 43 heavy (non-hydrogen) atoms. The number of phenols is 2. The lowest BCUT2D eigenvalue weighted by Crippen LogP contribution is -2.27. The Kier molecular flexibility index (Phi) is 10.9. The third kappa shape index (κ3) is 8.70. The number of carbonyl (C=O) groups is 1. The molecule has 0 heterocycles. The Bertz CT molecular complexity index is 1550. The SMILES string of the molecule is CC/C(=C(/c1ccc(O)cc1)c1ccc(OCCN(C)CCO/N=C/c2ccc(O)c(C(N)=O)c2)cc1)c1ccccc1. The highest BCUT2D eigenvalue weighted by molar-refractivity contribution is 5.99. The molecular formula is C35H37N3O5. The van der Waals surface area contributed by atoms with Gasteiger partial charge in [0, 0.05) is 13.1 Å². The van der Waals surface area contributed by atoms with E-state index in [4.69, 9.17) is 15.3 Å². The maximum absolute atomic E-state index is 11.4. The van der Waals surface area contributed by atoms with E-state index in [-0.39, 0.29) is 17.1 Å². The van der Waals surface area contributed by atoms with Gasteiger partial charge in [-0.3, -0.25) is 9.69 Å². The van der Waals surface area contributed by atoms with Crippen molar-refractivity contribution in [2.45, 2.75) is 13.3 Å². The first-order chi connectivity index (χ1) is 20.9. The fourth-order valence-electron chi connectivity index (χ4n) is 4.64. The van der Waals surface area contributed by atoms with Crippen molar-refractivity contribution < 1.29 is 24.6 Å². The third-order valence-electron chi connectivity index (χ3n) is 6.94. The Morgan fingerprint density at radius 3 is 2.16 bits per heavy atom. The molecule has 0 aromatic heterocycles. The second-order valence-electron chi connectivity index (χ2n) is 10.0. The van der Waals surface area contributed by atoms with E-state index in [0.29, 0.717) is 31.9 Å². The molecular weight excluding hydrogens is 542 g/mol. The van der Waals surface area contributed by atoms with E-state index in [0.717, 1.165) is 28.9 Å². The topological polar surface area (TPSA) is 118 Å². The summed E-state index contributed by atoms with van der Waals surface area (Å²) >= 11 is 0. The number of amides is 1. The summed E-state index contributed by atoms with van der Waals surface area (Å²) in [6, 6.07) is 30.3. The van der Waals surface area contributed by atoms with Gasteiger partial charge in [0.15, 0.2) is 0 Å². The largest absolute Gasteiger partial charge is 0.508 e. The molecule has 4 aromatic rings. The molecule has 8 heteroatoms. The number of likely N-dealkylation sites (N-methyl/N-ethyl adjacent to an activating group) is 1. The van der Waals surface area contributed by atoms with Gasteiger partial charge in [-0.15, -0.1) is 0 Å². The van der Waals surface area contributed by atoms with Crippen molar-refractivity contribution in [3.63, 3.8) is 0 Å². The van der Waals surface area contributed by atoms with Crippen LogP contribution >= 0.6 is 0 Å². The molecule has 0 bridgehead atoms. The minimum atomic E-state index is -0.710. The summed E-state index contributed by atoms with van der Waals surface area (Å²) in [6.45, 7) is 4.37. The normalized spacial score (nSPS) is 11.9. The number of rotatable bonds is 14. The zero-order valence-corrected chi connectivity index (χ0v) is 24.4. The lowest BCUT2D eigenvalue weighted by molar-refractivity contribution is 0.0997. The van der Waals surface area contributed by atoms with E-state index in [9.17, 15) is 15.0 Å². The van der Waals surface area contributed by atoms with Crippen LogP contribution in [0.25, 0.3) is 11.1 Å². The van der Waals surface area contributed by atoms with Crippen LogP contribution in [0.4, 0.5) is 0 Å². The molecule has 0 aliphatic rings.